The number of alkyl halides is 5. The first-order valence-corrected chi connectivity index (χ1v) is 9.29. The third-order valence-corrected chi connectivity index (χ3v) is 4.37. The largest absolute Gasteiger partial charge is 0.468 e. The Kier molecular flexibility index (Phi) is 7.86. The van der Waals surface area contributed by atoms with Crippen LogP contribution in [0.2, 0.25) is 0 Å². The van der Waals surface area contributed by atoms with Crippen LogP contribution in [0, 0.1) is 6.92 Å². The van der Waals surface area contributed by atoms with Crippen molar-refractivity contribution in [2.75, 3.05) is 6.61 Å². The molecule has 1 aromatic rings. The molecule has 15 heteroatoms. The van der Waals surface area contributed by atoms with Crippen molar-refractivity contribution < 1.29 is 63.1 Å². The number of ether oxygens (including phenoxy) is 3. The van der Waals surface area contributed by atoms with Gasteiger partial charge in [0.15, 0.2) is 0 Å². The lowest BCUT2D eigenvalue weighted by molar-refractivity contribution is -0.353. The minimum atomic E-state index is -6.06. The zero-order valence-corrected chi connectivity index (χ0v) is 16.2. The van der Waals surface area contributed by atoms with E-state index in [1.807, 2.05) is 0 Å². The Hall–Kier alpha value is -2.65. The molecule has 1 unspecified atom stereocenters. The number of carbonyl (C=O) groups excluding carboxylic acids is 2. The summed E-state index contributed by atoms with van der Waals surface area (Å²) >= 11 is 0. The smallest absolute Gasteiger partial charge is 0.421 e. The molecule has 0 saturated heterocycles. The van der Waals surface area contributed by atoms with E-state index in [2.05, 4.69) is 20.8 Å². The molecule has 0 heterocycles. The van der Waals surface area contributed by atoms with Gasteiger partial charge in [-0.15, -0.1) is 0 Å². The van der Waals surface area contributed by atoms with Crippen molar-refractivity contribution >= 4 is 22.1 Å². The molecule has 0 spiro atoms. The first-order valence-electron chi connectivity index (χ1n) is 7.85. The summed E-state index contributed by atoms with van der Waals surface area (Å²) in [4.78, 5) is 23.6. The maximum atomic E-state index is 13.7. The van der Waals surface area contributed by atoms with E-state index in [4.69, 9.17) is 4.55 Å². The lowest BCUT2D eigenvalue weighted by atomic mass is 10.2. The molecule has 0 aliphatic carbocycles. The summed E-state index contributed by atoms with van der Waals surface area (Å²) < 4.78 is 122. The summed E-state index contributed by atoms with van der Waals surface area (Å²) in [5, 5.41) is -4.99. The van der Waals surface area contributed by atoms with Gasteiger partial charge in [-0.3, -0.25) is 4.55 Å². The van der Waals surface area contributed by atoms with Gasteiger partial charge in [0.2, 0.25) is 5.83 Å². The first kappa shape index (κ1) is 26.4. The zero-order valence-electron chi connectivity index (χ0n) is 15.4. The van der Waals surface area contributed by atoms with Gasteiger partial charge in [0, 0.05) is 0 Å². The van der Waals surface area contributed by atoms with Crippen LogP contribution in [-0.4, -0.2) is 48.7 Å². The van der Waals surface area contributed by atoms with Crippen LogP contribution in [0.1, 0.15) is 12.0 Å². The number of esters is 2. The highest BCUT2D eigenvalue weighted by Crippen LogP contribution is 2.38. The Labute approximate surface area is 171 Å². The molecule has 0 aromatic heterocycles. The first-order chi connectivity index (χ1) is 13.9. The molecule has 0 fully saturated rings. The van der Waals surface area contributed by atoms with Crippen LogP contribution in [0.25, 0.3) is 0 Å². The lowest BCUT2D eigenvalue weighted by Crippen LogP contribution is -2.59. The molecule has 0 aliphatic rings. The second-order valence-electron chi connectivity index (χ2n) is 5.82. The van der Waals surface area contributed by atoms with Gasteiger partial charge in [-0.25, -0.2) is 9.59 Å². The molecular formula is C16H14F6O8S. The second-order valence-corrected chi connectivity index (χ2v) is 7.37. The second kappa shape index (κ2) is 9.23. The van der Waals surface area contributed by atoms with Gasteiger partial charge in [-0.1, -0.05) is 24.3 Å². The molecular weight excluding hydrogens is 466 g/mol. The van der Waals surface area contributed by atoms with Gasteiger partial charge in [-0.2, -0.15) is 34.8 Å². The van der Waals surface area contributed by atoms with Crippen molar-refractivity contribution in [3.8, 4) is 5.75 Å². The Morgan fingerprint density at radius 1 is 1.10 bits per heavy atom. The molecule has 1 atom stereocenters. The highest BCUT2D eigenvalue weighted by atomic mass is 32.2. The summed E-state index contributed by atoms with van der Waals surface area (Å²) in [6.45, 7) is 2.04. The van der Waals surface area contributed by atoms with Gasteiger partial charge in [-0.05, 0) is 19.1 Å². The van der Waals surface area contributed by atoms with E-state index in [1.54, 1.807) is 6.92 Å². The summed E-state index contributed by atoms with van der Waals surface area (Å²) in [5.74, 6) is -12.4. The Balaban J connectivity index is 3.33. The monoisotopic (exact) mass is 480 g/mol. The quantitative estimate of drug-likeness (QED) is 0.143. The summed E-state index contributed by atoms with van der Waals surface area (Å²) in [7, 11) is -6.06. The molecule has 0 amide bonds. The van der Waals surface area contributed by atoms with Gasteiger partial charge >= 0.3 is 39.3 Å². The highest BCUT2D eigenvalue weighted by molar-refractivity contribution is 7.86. The van der Waals surface area contributed by atoms with Gasteiger partial charge < -0.3 is 14.2 Å². The van der Waals surface area contributed by atoms with Crippen molar-refractivity contribution in [3.05, 3.63) is 42.2 Å². The van der Waals surface area contributed by atoms with E-state index in [-0.39, 0.29) is 0 Å². The number of aryl methyl sites for hydroxylation is 1. The Morgan fingerprint density at radius 3 is 2.03 bits per heavy atom. The summed E-state index contributed by atoms with van der Waals surface area (Å²) in [5.41, 5.74) is 0.603. The van der Waals surface area contributed by atoms with E-state index in [9.17, 15) is 44.3 Å². The number of hydrogen-bond donors (Lipinski definition) is 1. The molecule has 31 heavy (non-hydrogen) atoms. The van der Waals surface area contributed by atoms with Crippen LogP contribution in [-0.2, 0) is 29.2 Å². The highest BCUT2D eigenvalue weighted by Gasteiger charge is 2.68. The lowest BCUT2D eigenvalue weighted by Gasteiger charge is -2.32. The number of carbonyl (C=O) groups is 2. The summed E-state index contributed by atoms with van der Waals surface area (Å²) in [6, 6.07) is 4.66. The van der Waals surface area contributed by atoms with Crippen LogP contribution >= 0.6 is 0 Å². The topological polar surface area (TPSA) is 116 Å². The van der Waals surface area contributed by atoms with E-state index in [0.717, 1.165) is 12.1 Å². The van der Waals surface area contributed by atoms with Crippen molar-refractivity contribution in [1.29, 1.82) is 0 Å². The van der Waals surface area contributed by atoms with Crippen molar-refractivity contribution in [1.82, 2.24) is 0 Å². The molecule has 8 nitrogen and oxygen atoms in total. The maximum Gasteiger partial charge on any atom is 0.468 e. The number of halogens is 6. The summed E-state index contributed by atoms with van der Waals surface area (Å²) in [6.07, 6.45) is -8.12. The van der Waals surface area contributed by atoms with E-state index < -0.39 is 63.9 Å². The average molecular weight is 480 g/mol. The minimum Gasteiger partial charge on any atom is -0.421 e. The molecule has 0 saturated carbocycles. The van der Waals surface area contributed by atoms with E-state index in [1.165, 1.54) is 12.1 Å². The molecule has 1 rings (SSSR count). The average Bonchev–Trinajstić information content (AvgIpc) is 2.60. The fourth-order valence-corrected chi connectivity index (χ4v) is 2.14. The van der Waals surface area contributed by atoms with Crippen molar-refractivity contribution in [2.24, 2.45) is 0 Å². The normalized spacial score (nSPS) is 14.5. The Bertz CT molecular complexity index is 942. The van der Waals surface area contributed by atoms with Gasteiger partial charge in [0.25, 0.3) is 0 Å². The van der Waals surface area contributed by atoms with Crippen molar-refractivity contribution in [2.45, 2.75) is 30.6 Å². The third kappa shape index (κ3) is 6.41. The number of benzene rings is 1. The SMILES string of the molecule is C=C(F)C(=O)OC(OCCC(F)(F)S(=O)(=O)O)(C(=O)Oc1ccc(C)cc1)C(F)(F)F. The predicted molar refractivity (Wildman–Crippen MR) is 89.0 cm³/mol. The maximum absolute atomic E-state index is 13.7. The third-order valence-electron chi connectivity index (χ3n) is 3.41. The van der Waals surface area contributed by atoms with Gasteiger partial charge in [0.1, 0.15) is 5.75 Å². The van der Waals surface area contributed by atoms with Crippen LogP contribution in [0.4, 0.5) is 26.3 Å². The number of hydrogen-bond acceptors (Lipinski definition) is 7. The molecule has 0 radical (unpaired) electrons. The Morgan fingerprint density at radius 2 is 1.61 bits per heavy atom. The van der Waals surface area contributed by atoms with Gasteiger partial charge in [0.05, 0.1) is 13.0 Å². The molecule has 1 N–H and O–H groups in total. The standard InChI is InChI=1S/C16H14F6O8S/c1-9-3-5-11(6-4-9)29-13(24)15(16(20,21)22,30-12(23)10(2)17)28-8-7-14(18,19)31(25,26)27/h3-6H,2,7-8H2,1H3,(H,25,26,27). The van der Waals surface area contributed by atoms with Crippen LogP contribution in [0.15, 0.2) is 36.7 Å². The molecule has 0 bridgehead atoms. The van der Waals surface area contributed by atoms with Crippen molar-refractivity contribution in [3.63, 3.8) is 0 Å². The number of rotatable bonds is 9. The minimum absolute atomic E-state index is 0.522. The van der Waals surface area contributed by atoms with Crippen LogP contribution in [0.5, 0.6) is 5.75 Å². The van der Waals surface area contributed by atoms with Crippen LogP contribution in [0.3, 0.4) is 0 Å². The fraction of sp³-hybridized carbons (Fsp3) is 0.375. The zero-order chi connectivity index (χ0) is 24.3. The molecule has 1 aromatic carbocycles. The molecule has 0 aliphatic heterocycles. The van der Waals surface area contributed by atoms with E-state index >= 15 is 0 Å². The fourth-order valence-electron chi connectivity index (χ4n) is 1.79. The predicted octanol–water partition coefficient (Wildman–Crippen LogP) is 3.07. The van der Waals surface area contributed by atoms with Crippen LogP contribution < -0.4 is 4.74 Å². The molecule has 174 valence electrons. The van der Waals surface area contributed by atoms with E-state index in [0.29, 0.717) is 5.56 Å².